The maximum absolute atomic E-state index is 12.4. The number of halogens is 1. The summed E-state index contributed by atoms with van der Waals surface area (Å²) < 4.78 is 10.8. The molecule has 0 aliphatic rings. The molecule has 8 nitrogen and oxygen atoms in total. The van der Waals surface area contributed by atoms with E-state index < -0.39 is 17.8 Å². The fourth-order valence-corrected chi connectivity index (χ4v) is 3.33. The normalized spacial score (nSPS) is 10.9. The van der Waals surface area contributed by atoms with Crippen molar-refractivity contribution in [1.29, 1.82) is 0 Å². The number of rotatable bonds is 6. The van der Waals surface area contributed by atoms with Gasteiger partial charge in [0.1, 0.15) is 0 Å². The Balaban J connectivity index is 1.66. The summed E-state index contributed by atoms with van der Waals surface area (Å²) in [6.45, 7) is 5.44. The van der Waals surface area contributed by atoms with Gasteiger partial charge in [-0.1, -0.05) is 17.7 Å². The standard InChI is InChI=1S/C26H24ClN3O5/c1-15-11-16(2)13-21(12-15)28-24(31)25(32)30-29-17(3)19-7-10-22(23(14-19)34-4)35-26(33)18-5-8-20(27)9-6-18/h5-14H,1-4H3,(H,28,31)(H,30,32). The average Bonchev–Trinajstić information content (AvgIpc) is 2.82. The summed E-state index contributed by atoms with van der Waals surface area (Å²) in [6.07, 6.45) is 0. The molecule has 3 aromatic carbocycles. The van der Waals surface area contributed by atoms with Crippen LogP contribution in [0.4, 0.5) is 5.69 Å². The van der Waals surface area contributed by atoms with Crippen LogP contribution in [-0.4, -0.2) is 30.6 Å². The third kappa shape index (κ3) is 6.91. The van der Waals surface area contributed by atoms with Gasteiger partial charge in [-0.3, -0.25) is 9.59 Å². The van der Waals surface area contributed by atoms with Crippen molar-refractivity contribution in [2.45, 2.75) is 20.8 Å². The zero-order valence-corrected chi connectivity index (χ0v) is 20.4. The predicted octanol–water partition coefficient (Wildman–Crippen LogP) is 4.66. The SMILES string of the molecule is COc1cc(C(C)=NNC(=O)C(=O)Nc2cc(C)cc(C)c2)ccc1OC(=O)c1ccc(Cl)cc1. The van der Waals surface area contributed by atoms with Gasteiger partial charge in [-0.25, -0.2) is 10.2 Å². The monoisotopic (exact) mass is 493 g/mol. The van der Waals surface area contributed by atoms with Crippen LogP contribution in [0.2, 0.25) is 5.02 Å². The van der Waals surface area contributed by atoms with Crippen LogP contribution in [0.15, 0.2) is 65.8 Å². The zero-order chi connectivity index (χ0) is 25.5. The first-order chi connectivity index (χ1) is 16.7. The third-order valence-corrected chi connectivity index (χ3v) is 5.13. The topological polar surface area (TPSA) is 106 Å². The van der Waals surface area contributed by atoms with Gasteiger partial charge in [-0.15, -0.1) is 0 Å². The Bertz CT molecular complexity index is 1280. The minimum Gasteiger partial charge on any atom is -0.493 e. The van der Waals surface area contributed by atoms with Crippen LogP contribution in [0.25, 0.3) is 0 Å². The Kier molecular flexibility index (Phi) is 8.22. The van der Waals surface area contributed by atoms with Crippen LogP contribution in [0.5, 0.6) is 11.5 Å². The van der Waals surface area contributed by atoms with Crippen molar-refractivity contribution in [3.8, 4) is 11.5 Å². The fourth-order valence-electron chi connectivity index (χ4n) is 3.21. The van der Waals surface area contributed by atoms with E-state index in [-0.39, 0.29) is 5.75 Å². The number of benzene rings is 3. The van der Waals surface area contributed by atoms with Crippen molar-refractivity contribution in [2.24, 2.45) is 5.10 Å². The molecular weight excluding hydrogens is 470 g/mol. The van der Waals surface area contributed by atoms with Crippen molar-refractivity contribution in [3.05, 3.63) is 87.9 Å². The van der Waals surface area contributed by atoms with Crippen LogP contribution >= 0.6 is 11.6 Å². The molecule has 9 heteroatoms. The van der Waals surface area contributed by atoms with Crippen LogP contribution in [0.1, 0.15) is 34.0 Å². The number of esters is 1. The molecule has 0 heterocycles. The van der Waals surface area contributed by atoms with Crippen molar-refractivity contribution in [3.63, 3.8) is 0 Å². The molecule has 2 N–H and O–H groups in total. The first-order valence-electron chi connectivity index (χ1n) is 10.6. The lowest BCUT2D eigenvalue weighted by Crippen LogP contribution is -2.33. The molecule has 35 heavy (non-hydrogen) atoms. The van der Waals surface area contributed by atoms with Gasteiger partial charge in [0.05, 0.1) is 18.4 Å². The summed E-state index contributed by atoms with van der Waals surface area (Å²) in [4.78, 5) is 36.8. The number of ether oxygens (including phenoxy) is 2. The van der Waals surface area contributed by atoms with E-state index in [4.69, 9.17) is 21.1 Å². The van der Waals surface area contributed by atoms with E-state index in [0.29, 0.717) is 33.3 Å². The fraction of sp³-hybridized carbons (Fsp3) is 0.154. The second-order valence-electron chi connectivity index (χ2n) is 7.73. The highest BCUT2D eigenvalue weighted by Crippen LogP contribution is 2.29. The summed E-state index contributed by atoms with van der Waals surface area (Å²) in [7, 11) is 1.43. The zero-order valence-electron chi connectivity index (χ0n) is 19.6. The number of aryl methyl sites for hydroxylation is 2. The molecule has 0 spiro atoms. The molecule has 0 radical (unpaired) electrons. The lowest BCUT2D eigenvalue weighted by Gasteiger charge is -2.11. The van der Waals surface area contributed by atoms with Crippen LogP contribution in [0.3, 0.4) is 0 Å². The number of amides is 2. The van der Waals surface area contributed by atoms with Gasteiger partial charge >= 0.3 is 17.8 Å². The number of carbonyl (C=O) groups is 3. The Hall–Kier alpha value is -4.17. The highest BCUT2D eigenvalue weighted by atomic mass is 35.5. The molecule has 0 atom stereocenters. The molecule has 3 rings (SSSR count). The minimum atomic E-state index is -0.913. The summed E-state index contributed by atoms with van der Waals surface area (Å²) in [6, 6.07) is 16.6. The van der Waals surface area contributed by atoms with E-state index in [0.717, 1.165) is 11.1 Å². The molecule has 0 aliphatic carbocycles. The van der Waals surface area contributed by atoms with E-state index >= 15 is 0 Å². The predicted molar refractivity (Wildman–Crippen MR) is 134 cm³/mol. The highest BCUT2D eigenvalue weighted by molar-refractivity contribution is 6.39. The van der Waals surface area contributed by atoms with Crippen molar-refractivity contribution in [2.75, 3.05) is 12.4 Å². The van der Waals surface area contributed by atoms with E-state index in [1.54, 1.807) is 61.5 Å². The molecule has 0 aliphatic heterocycles. The first-order valence-corrected chi connectivity index (χ1v) is 10.9. The largest absolute Gasteiger partial charge is 0.493 e. The summed E-state index contributed by atoms with van der Waals surface area (Å²) in [5.41, 5.74) is 6.02. The van der Waals surface area contributed by atoms with Gasteiger partial charge in [0, 0.05) is 16.3 Å². The maximum atomic E-state index is 12.4. The van der Waals surface area contributed by atoms with E-state index in [1.165, 1.54) is 7.11 Å². The number of nitrogens with one attached hydrogen (secondary N) is 2. The number of hydrogen-bond donors (Lipinski definition) is 2. The lowest BCUT2D eigenvalue weighted by atomic mass is 10.1. The van der Waals surface area contributed by atoms with E-state index in [9.17, 15) is 14.4 Å². The second kappa shape index (κ2) is 11.3. The Morgan fingerprint density at radius 2 is 1.46 bits per heavy atom. The van der Waals surface area contributed by atoms with Gasteiger partial charge in [0.25, 0.3) is 0 Å². The Morgan fingerprint density at radius 3 is 2.09 bits per heavy atom. The van der Waals surface area contributed by atoms with Crippen LogP contribution in [-0.2, 0) is 9.59 Å². The van der Waals surface area contributed by atoms with E-state index in [2.05, 4.69) is 15.8 Å². The molecule has 180 valence electrons. The van der Waals surface area contributed by atoms with Gasteiger partial charge in [0.15, 0.2) is 11.5 Å². The lowest BCUT2D eigenvalue weighted by molar-refractivity contribution is -0.136. The molecule has 0 saturated carbocycles. The number of hydrazone groups is 1. The molecule has 0 saturated heterocycles. The van der Waals surface area contributed by atoms with Gasteiger partial charge in [-0.05, 0) is 86.5 Å². The first kappa shape index (κ1) is 25.5. The van der Waals surface area contributed by atoms with Gasteiger partial charge in [0.2, 0.25) is 0 Å². The van der Waals surface area contributed by atoms with Crippen LogP contribution < -0.4 is 20.2 Å². The molecular formula is C26H24ClN3O5. The third-order valence-electron chi connectivity index (χ3n) is 4.87. The number of carbonyl (C=O) groups excluding carboxylic acids is 3. The molecule has 2 amide bonds. The Morgan fingerprint density at radius 1 is 0.829 bits per heavy atom. The smallest absolute Gasteiger partial charge is 0.343 e. The molecule has 3 aromatic rings. The molecule has 0 fully saturated rings. The minimum absolute atomic E-state index is 0.209. The Labute approximate surface area is 207 Å². The average molecular weight is 494 g/mol. The summed E-state index contributed by atoms with van der Waals surface area (Å²) in [5, 5.41) is 7.05. The summed E-state index contributed by atoms with van der Waals surface area (Å²) in [5.74, 6) is -1.82. The van der Waals surface area contributed by atoms with Gasteiger partial charge in [-0.2, -0.15) is 5.10 Å². The van der Waals surface area contributed by atoms with Crippen molar-refractivity contribution < 1.29 is 23.9 Å². The maximum Gasteiger partial charge on any atom is 0.343 e. The number of nitrogens with zero attached hydrogens (tertiary/aromatic N) is 1. The summed E-state index contributed by atoms with van der Waals surface area (Å²) >= 11 is 5.85. The number of hydrogen-bond acceptors (Lipinski definition) is 6. The highest BCUT2D eigenvalue weighted by Gasteiger charge is 2.16. The van der Waals surface area contributed by atoms with Gasteiger partial charge < -0.3 is 14.8 Å². The van der Waals surface area contributed by atoms with Crippen molar-refractivity contribution >= 4 is 40.8 Å². The quantitative estimate of drug-likeness (QED) is 0.171. The van der Waals surface area contributed by atoms with Crippen LogP contribution in [0, 0.1) is 13.8 Å². The number of methoxy groups -OCH3 is 1. The molecule has 0 bridgehead atoms. The second-order valence-corrected chi connectivity index (χ2v) is 8.17. The molecule has 0 aromatic heterocycles. The molecule has 0 unspecified atom stereocenters. The van der Waals surface area contributed by atoms with Crippen molar-refractivity contribution in [1.82, 2.24) is 5.43 Å². The van der Waals surface area contributed by atoms with E-state index in [1.807, 2.05) is 19.9 Å². The number of anilines is 1.